The summed E-state index contributed by atoms with van der Waals surface area (Å²) in [5.41, 5.74) is 0.144. The van der Waals surface area contributed by atoms with E-state index in [1.54, 1.807) is 20.8 Å². The number of carbonyl (C=O) groups is 2. The van der Waals surface area contributed by atoms with Gasteiger partial charge in [-0.2, -0.15) is 0 Å². The van der Waals surface area contributed by atoms with E-state index in [1.165, 1.54) is 4.90 Å². The SMILES string of the molecule is CC(C)(C)OC(=O)N[C@H]1[C@H](O)CN(C(=O)OCc2ccccc2)C[C@@H]1O. The molecule has 1 fully saturated rings. The monoisotopic (exact) mass is 366 g/mol. The maximum atomic E-state index is 12.1. The molecule has 2 rings (SSSR count). The van der Waals surface area contributed by atoms with E-state index in [2.05, 4.69) is 5.32 Å². The Hall–Kier alpha value is -2.32. The number of aliphatic hydroxyl groups is 2. The highest BCUT2D eigenvalue weighted by molar-refractivity contribution is 5.69. The van der Waals surface area contributed by atoms with Gasteiger partial charge < -0.3 is 29.9 Å². The number of nitrogens with zero attached hydrogens (tertiary/aromatic N) is 1. The molecule has 0 unspecified atom stereocenters. The minimum atomic E-state index is -1.14. The molecule has 1 aliphatic heterocycles. The lowest BCUT2D eigenvalue weighted by Gasteiger charge is -2.39. The average molecular weight is 366 g/mol. The maximum Gasteiger partial charge on any atom is 0.410 e. The second kappa shape index (κ2) is 8.37. The minimum Gasteiger partial charge on any atom is -0.445 e. The summed E-state index contributed by atoms with van der Waals surface area (Å²) >= 11 is 0. The molecule has 1 aliphatic rings. The lowest BCUT2D eigenvalue weighted by Crippen LogP contribution is -2.63. The quantitative estimate of drug-likeness (QED) is 0.743. The zero-order valence-electron chi connectivity index (χ0n) is 15.2. The van der Waals surface area contributed by atoms with Crippen LogP contribution in [0.3, 0.4) is 0 Å². The van der Waals surface area contributed by atoms with E-state index in [-0.39, 0.29) is 19.7 Å². The number of alkyl carbamates (subject to hydrolysis) is 1. The van der Waals surface area contributed by atoms with E-state index < -0.39 is 36.0 Å². The van der Waals surface area contributed by atoms with Crippen LogP contribution < -0.4 is 5.32 Å². The van der Waals surface area contributed by atoms with Crippen molar-refractivity contribution in [2.24, 2.45) is 0 Å². The third-order valence-electron chi connectivity index (χ3n) is 3.79. The Morgan fingerprint density at radius 3 is 2.27 bits per heavy atom. The first kappa shape index (κ1) is 20.0. The van der Waals surface area contributed by atoms with Gasteiger partial charge in [-0.1, -0.05) is 30.3 Å². The van der Waals surface area contributed by atoms with Crippen molar-refractivity contribution in [1.29, 1.82) is 0 Å². The van der Waals surface area contributed by atoms with Gasteiger partial charge in [0.25, 0.3) is 0 Å². The highest BCUT2D eigenvalue weighted by Gasteiger charge is 2.39. The van der Waals surface area contributed by atoms with Gasteiger partial charge in [0.15, 0.2) is 0 Å². The van der Waals surface area contributed by atoms with Crippen LogP contribution in [0, 0.1) is 0 Å². The van der Waals surface area contributed by atoms with E-state index in [4.69, 9.17) is 9.47 Å². The van der Waals surface area contributed by atoms with Crippen LogP contribution in [-0.4, -0.2) is 64.2 Å². The predicted octanol–water partition coefficient (Wildman–Crippen LogP) is 1.25. The van der Waals surface area contributed by atoms with Gasteiger partial charge in [0, 0.05) is 0 Å². The van der Waals surface area contributed by atoms with Crippen LogP contribution >= 0.6 is 0 Å². The van der Waals surface area contributed by atoms with Gasteiger partial charge in [-0.3, -0.25) is 0 Å². The lowest BCUT2D eigenvalue weighted by molar-refractivity contribution is -0.0408. The third-order valence-corrected chi connectivity index (χ3v) is 3.79. The molecule has 8 heteroatoms. The van der Waals surface area contributed by atoms with Crippen molar-refractivity contribution < 1.29 is 29.3 Å². The van der Waals surface area contributed by atoms with Crippen molar-refractivity contribution in [2.45, 2.75) is 51.2 Å². The van der Waals surface area contributed by atoms with Crippen LogP contribution in [0.4, 0.5) is 9.59 Å². The normalized spacial score (nSPS) is 23.3. The van der Waals surface area contributed by atoms with Crippen molar-refractivity contribution in [3.63, 3.8) is 0 Å². The first-order chi connectivity index (χ1) is 12.2. The topological polar surface area (TPSA) is 108 Å². The summed E-state index contributed by atoms with van der Waals surface area (Å²) in [6, 6.07) is 8.26. The highest BCUT2D eigenvalue weighted by atomic mass is 16.6. The van der Waals surface area contributed by atoms with Crippen LogP contribution in [-0.2, 0) is 16.1 Å². The molecule has 1 heterocycles. The minimum absolute atomic E-state index is 0.0643. The lowest BCUT2D eigenvalue weighted by atomic mass is 9.99. The molecule has 0 aliphatic carbocycles. The Bertz CT molecular complexity index is 604. The first-order valence-electron chi connectivity index (χ1n) is 8.47. The maximum absolute atomic E-state index is 12.1. The molecule has 8 nitrogen and oxygen atoms in total. The molecule has 3 N–H and O–H groups in total. The predicted molar refractivity (Wildman–Crippen MR) is 93.4 cm³/mol. The zero-order chi connectivity index (χ0) is 19.3. The number of piperidine rings is 1. The number of aliphatic hydroxyl groups excluding tert-OH is 2. The molecule has 2 amide bonds. The third kappa shape index (κ3) is 5.89. The molecule has 144 valence electrons. The number of ether oxygens (including phenoxy) is 2. The summed E-state index contributed by atoms with van der Waals surface area (Å²) in [5, 5.41) is 22.9. The highest BCUT2D eigenvalue weighted by Crippen LogP contribution is 2.15. The summed E-state index contributed by atoms with van der Waals surface area (Å²) in [4.78, 5) is 25.2. The van der Waals surface area contributed by atoms with E-state index in [1.807, 2.05) is 30.3 Å². The van der Waals surface area contributed by atoms with Crippen molar-refractivity contribution in [1.82, 2.24) is 10.2 Å². The number of β-amino-alcohol motifs (C(OH)–C–C–N with tert-alkyl or cyclic N) is 2. The number of nitrogens with one attached hydrogen (secondary N) is 1. The van der Waals surface area contributed by atoms with Gasteiger partial charge in [-0.25, -0.2) is 9.59 Å². The molecule has 1 aromatic rings. The van der Waals surface area contributed by atoms with Gasteiger partial charge in [0.1, 0.15) is 12.2 Å². The van der Waals surface area contributed by atoms with Crippen molar-refractivity contribution in [3.05, 3.63) is 35.9 Å². The van der Waals surface area contributed by atoms with Crippen molar-refractivity contribution in [3.8, 4) is 0 Å². The molecule has 26 heavy (non-hydrogen) atoms. The van der Waals surface area contributed by atoms with Gasteiger partial charge in [-0.15, -0.1) is 0 Å². The van der Waals surface area contributed by atoms with Gasteiger partial charge in [0.05, 0.1) is 31.3 Å². The van der Waals surface area contributed by atoms with Gasteiger partial charge >= 0.3 is 12.2 Å². The van der Waals surface area contributed by atoms with Gasteiger partial charge in [-0.05, 0) is 26.3 Å². The second-order valence-electron chi connectivity index (χ2n) is 7.25. The standard InChI is InChI=1S/C18H26N2O6/c1-18(2,3)26-16(23)19-15-13(21)9-20(10-14(15)22)17(24)25-11-12-7-5-4-6-8-12/h4-8,13-15,21-22H,9-11H2,1-3H3,(H,19,23)/t13-,14+,15+. The Balaban J connectivity index is 1.86. The number of hydrogen-bond acceptors (Lipinski definition) is 6. The Kier molecular flexibility index (Phi) is 6.44. The molecule has 0 radical (unpaired) electrons. The van der Waals surface area contributed by atoms with Crippen LogP contribution in [0.15, 0.2) is 30.3 Å². The number of hydrogen-bond donors (Lipinski definition) is 3. The number of carbonyl (C=O) groups excluding carboxylic acids is 2. The number of benzene rings is 1. The molecule has 0 spiro atoms. The Morgan fingerprint density at radius 2 is 1.73 bits per heavy atom. The van der Waals surface area contributed by atoms with E-state index in [9.17, 15) is 19.8 Å². The smallest absolute Gasteiger partial charge is 0.410 e. The summed E-state index contributed by atoms with van der Waals surface area (Å²) in [6.07, 6.45) is -3.66. The Morgan fingerprint density at radius 1 is 1.15 bits per heavy atom. The largest absolute Gasteiger partial charge is 0.445 e. The van der Waals surface area contributed by atoms with Gasteiger partial charge in [0.2, 0.25) is 0 Å². The van der Waals surface area contributed by atoms with Crippen molar-refractivity contribution in [2.75, 3.05) is 13.1 Å². The summed E-state index contributed by atoms with van der Waals surface area (Å²) in [5.74, 6) is 0. The number of rotatable bonds is 3. The Labute approximate surface area is 152 Å². The second-order valence-corrected chi connectivity index (χ2v) is 7.25. The van der Waals surface area contributed by atoms with E-state index >= 15 is 0 Å². The van der Waals surface area contributed by atoms with E-state index in [0.29, 0.717) is 0 Å². The molecule has 0 aromatic heterocycles. The average Bonchev–Trinajstić information content (AvgIpc) is 2.55. The molecular formula is C18H26N2O6. The fourth-order valence-electron chi connectivity index (χ4n) is 2.61. The molecule has 1 aromatic carbocycles. The molecular weight excluding hydrogens is 340 g/mol. The molecule has 3 atom stereocenters. The van der Waals surface area contributed by atoms with E-state index in [0.717, 1.165) is 5.56 Å². The molecule has 1 saturated heterocycles. The van der Waals surface area contributed by atoms with Crippen molar-refractivity contribution >= 4 is 12.2 Å². The summed E-state index contributed by atoms with van der Waals surface area (Å²) < 4.78 is 10.3. The number of amides is 2. The molecule has 0 saturated carbocycles. The van der Waals surface area contributed by atoms with Crippen LogP contribution in [0.5, 0.6) is 0 Å². The van der Waals surface area contributed by atoms with Crippen LogP contribution in [0.2, 0.25) is 0 Å². The molecule has 0 bridgehead atoms. The fourth-order valence-corrected chi connectivity index (χ4v) is 2.61. The number of likely N-dealkylation sites (tertiary alicyclic amines) is 1. The summed E-state index contributed by atoms with van der Waals surface area (Å²) in [7, 11) is 0. The first-order valence-corrected chi connectivity index (χ1v) is 8.47. The van der Waals surface area contributed by atoms with Crippen LogP contribution in [0.1, 0.15) is 26.3 Å². The summed E-state index contributed by atoms with van der Waals surface area (Å²) in [6.45, 7) is 5.11. The fraction of sp³-hybridized carbons (Fsp3) is 0.556. The zero-order valence-corrected chi connectivity index (χ0v) is 15.2. The van der Waals surface area contributed by atoms with Crippen LogP contribution in [0.25, 0.3) is 0 Å².